The van der Waals surface area contributed by atoms with E-state index in [1.807, 2.05) is 0 Å². The molecule has 0 bridgehead atoms. The Morgan fingerprint density at radius 1 is 1.19 bits per heavy atom. The number of aliphatic hydroxyl groups excluding tert-OH is 1. The van der Waals surface area contributed by atoms with Gasteiger partial charge in [0.1, 0.15) is 5.82 Å². The first-order chi connectivity index (χ1) is 7.50. The highest BCUT2D eigenvalue weighted by molar-refractivity contribution is 5.20. The van der Waals surface area contributed by atoms with Crippen LogP contribution in [0.4, 0.5) is 4.39 Å². The van der Waals surface area contributed by atoms with Crippen LogP contribution in [-0.2, 0) is 0 Å². The SMILES string of the molecule is CC(C)CC[C@H](O)[C@H](N)c1ccc(F)cc1. The molecule has 3 heteroatoms. The molecule has 0 unspecified atom stereocenters. The summed E-state index contributed by atoms with van der Waals surface area (Å²) in [5.41, 5.74) is 6.68. The standard InChI is InChI=1S/C13H20FNO/c1-9(2)3-8-12(16)13(15)10-4-6-11(14)7-5-10/h4-7,9,12-13,16H,3,8,15H2,1-2H3/t12-,13+/m0/s1. The van der Waals surface area contributed by atoms with Crippen LogP contribution in [0.25, 0.3) is 0 Å². The van der Waals surface area contributed by atoms with Gasteiger partial charge in [-0.1, -0.05) is 26.0 Å². The Balaban J connectivity index is 2.56. The molecule has 0 fully saturated rings. The summed E-state index contributed by atoms with van der Waals surface area (Å²) in [7, 11) is 0. The smallest absolute Gasteiger partial charge is 0.123 e. The molecule has 1 aromatic rings. The van der Waals surface area contributed by atoms with Crippen molar-refractivity contribution in [2.24, 2.45) is 11.7 Å². The molecule has 0 heterocycles. The fourth-order valence-corrected chi connectivity index (χ4v) is 1.59. The summed E-state index contributed by atoms with van der Waals surface area (Å²) in [6.45, 7) is 4.21. The van der Waals surface area contributed by atoms with Crippen molar-refractivity contribution in [2.45, 2.75) is 38.8 Å². The number of aliphatic hydroxyl groups is 1. The van der Waals surface area contributed by atoms with Crippen LogP contribution >= 0.6 is 0 Å². The van der Waals surface area contributed by atoms with Gasteiger partial charge in [-0.25, -0.2) is 4.39 Å². The number of hydrogen-bond acceptors (Lipinski definition) is 2. The molecule has 0 aliphatic carbocycles. The zero-order valence-corrected chi connectivity index (χ0v) is 9.86. The Morgan fingerprint density at radius 2 is 1.75 bits per heavy atom. The van der Waals surface area contributed by atoms with Gasteiger partial charge >= 0.3 is 0 Å². The summed E-state index contributed by atoms with van der Waals surface area (Å²) in [6, 6.07) is 5.55. The minimum Gasteiger partial charge on any atom is -0.391 e. The molecule has 2 nitrogen and oxygen atoms in total. The van der Waals surface area contributed by atoms with Crippen molar-refractivity contribution in [3.8, 4) is 0 Å². The van der Waals surface area contributed by atoms with Crippen molar-refractivity contribution in [3.63, 3.8) is 0 Å². The van der Waals surface area contributed by atoms with Gasteiger partial charge in [-0.3, -0.25) is 0 Å². The molecule has 0 aliphatic rings. The summed E-state index contributed by atoms with van der Waals surface area (Å²) in [5, 5.41) is 9.87. The lowest BCUT2D eigenvalue weighted by atomic mass is 9.96. The van der Waals surface area contributed by atoms with E-state index in [0.717, 1.165) is 12.0 Å². The van der Waals surface area contributed by atoms with E-state index >= 15 is 0 Å². The number of hydrogen-bond donors (Lipinski definition) is 2. The normalized spacial score (nSPS) is 15.1. The molecule has 0 aromatic heterocycles. The number of nitrogens with two attached hydrogens (primary N) is 1. The topological polar surface area (TPSA) is 46.2 Å². The molecule has 16 heavy (non-hydrogen) atoms. The van der Waals surface area contributed by atoms with Gasteiger partial charge in [-0.15, -0.1) is 0 Å². The average molecular weight is 225 g/mol. The third kappa shape index (κ3) is 3.91. The highest BCUT2D eigenvalue weighted by Gasteiger charge is 2.16. The lowest BCUT2D eigenvalue weighted by molar-refractivity contribution is 0.128. The highest BCUT2D eigenvalue weighted by Crippen LogP contribution is 2.19. The van der Waals surface area contributed by atoms with Crippen LogP contribution in [-0.4, -0.2) is 11.2 Å². The molecule has 0 amide bonds. The van der Waals surface area contributed by atoms with Gasteiger partial charge in [0.15, 0.2) is 0 Å². The fourth-order valence-electron chi connectivity index (χ4n) is 1.59. The van der Waals surface area contributed by atoms with E-state index < -0.39 is 12.1 Å². The van der Waals surface area contributed by atoms with Crippen LogP contribution in [0.2, 0.25) is 0 Å². The summed E-state index contributed by atoms with van der Waals surface area (Å²) >= 11 is 0. The molecule has 2 atom stereocenters. The van der Waals surface area contributed by atoms with Gasteiger partial charge in [0.2, 0.25) is 0 Å². The van der Waals surface area contributed by atoms with Gasteiger partial charge in [-0.05, 0) is 36.5 Å². The lowest BCUT2D eigenvalue weighted by Gasteiger charge is -2.20. The summed E-state index contributed by atoms with van der Waals surface area (Å²) < 4.78 is 12.7. The second kappa shape index (κ2) is 5.97. The van der Waals surface area contributed by atoms with Crippen molar-refractivity contribution in [3.05, 3.63) is 35.6 Å². The predicted octanol–water partition coefficient (Wildman–Crippen LogP) is 2.62. The first-order valence-corrected chi connectivity index (χ1v) is 5.70. The number of rotatable bonds is 5. The lowest BCUT2D eigenvalue weighted by Crippen LogP contribution is -2.26. The summed E-state index contributed by atoms with van der Waals surface area (Å²) in [6.07, 6.45) is 1.06. The molecule has 0 radical (unpaired) electrons. The first kappa shape index (κ1) is 13.1. The molecular formula is C13H20FNO. The Hall–Kier alpha value is -0.930. The van der Waals surface area contributed by atoms with E-state index in [4.69, 9.17) is 5.73 Å². The molecule has 1 aromatic carbocycles. The van der Waals surface area contributed by atoms with Crippen molar-refractivity contribution in [2.75, 3.05) is 0 Å². The third-order valence-electron chi connectivity index (χ3n) is 2.71. The van der Waals surface area contributed by atoms with Gasteiger partial charge < -0.3 is 10.8 Å². The number of benzene rings is 1. The molecule has 0 aliphatic heterocycles. The van der Waals surface area contributed by atoms with E-state index in [1.54, 1.807) is 12.1 Å². The van der Waals surface area contributed by atoms with Crippen LogP contribution in [0.5, 0.6) is 0 Å². The van der Waals surface area contributed by atoms with E-state index in [0.29, 0.717) is 12.3 Å². The molecule has 90 valence electrons. The molecule has 1 rings (SSSR count). The molecule has 0 saturated heterocycles. The van der Waals surface area contributed by atoms with Crippen LogP contribution in [0.15, 0.2) is 24.3 Å². The zero-order chi connectivity index (χ0) is 12.1. The molecular weight excluding hydrogens is 205 g/mol. The van der Waals surface area contributed by atoms with Crippen molar-refractivity contribution < 1.29 is 9.50 Å². The van der Waals surface area contributed by atoms with E-state index in [9.17, 15) is 9.50 Å². The van der Waals surface area contributed by atoms with E-state index in [-0.39, 0.29) is 5.82 Å². The quantitative estimate of drug-likeness (QED) is 0.809. The maximum Gasteiger partial charge on any atom is 0.123 e. The van der Waals surface area contributed by atoms with Gasteiger partial charge in [0.25, 0.3) is 0 Å². The van der Waals surface area contributed by atoms with Crippen molar-refractivity contribution in [1.29, 1.82) is 0 Å². The van der Waals surface area contributed by atoms with Gasteiger partial charge in [0.05, 0.1) is 12.1 Å². The average Bonchev–Trinajstić information content (AvgIpc) is 2.26. The predicted molar refractivity (Wildman–Crippen MR) is 63.4 cm³/mol. The van der Waals surface area contributed by atoms with Gasteiger partial charge in [-0.2, -0.15) is 0 Å². The van der Waals surface area contributed by atoms with E-state index in [1.165, 1.54) is 12.1 Å². The maximum absolute atomic E-state index is 12.7. The second-order valence-electron chi connectivity index (χ2n) is 4.62. The summed E-state index contributed by atoms with van der Waals surface area (Å²) in [4.78, 5) is 0. The number of halogens is 1. The Morgan fingerprint density at radius 3 is 2.25 bits per heavy atom. The van der Waals surface area contributed by atoms with Crippen LogP contribution in [0, 0.1) is 11.7 Å². The van der Waals surface area contributed by atoms with Crippen molar-refractivity contribution >= 4 is 0 Å². The van der Waals surface area contributed by atoms with Crippen LogP contribution in [0.3, 0.4) is 0 Å². The minimum absolute atomic E-state index is 0.285. The second-order valence-corrected chi connectivity index (χ2v) is 4.62. The van der Waals surface area contributed by atoms with Crippen molar-refractivity contribution in [1.82, 2.24) is 0 Å². The Labute approximate surface area is 96.3 Å². The fraction of sp³-hybridized carbons (Fsp3) is 0.538. The minimum atomic E-state index is -0.562. The molecule has 0 spiro atoms. The van der Waals surface area contributed by atoms with Crippen LogP contribution < -0.4 is 5.73 Å². The first-order valence-electron chi connectivity index (χ1n) is 5.70. The Kier molecular flexibility index (Phi) is 4.90. The molecule has 0 saturated carbocycles. The molecule has 3 N–H and O–H groups in total. The Bertz CT molecular complexity index is 310. The monoisotopic (exact) mass is 225 g/mol. The highest BCUT2D eigenvalue weighted by atomic mass is 19.1. The largest absolute Gasteiger partial charge is 0.391 e. The maximum atomic E-state index is 12.7. The van der Waals surface area contributed by atoms with Gasteiger partial charge in [0, 0.05) is 0 Å². The van der Waals surface area contributed by atoms with Crippen LogP contribution in [0.1, 0.15) is 38.3 Å². The van der Waals surface area contributed by atoms with E-state index in [2.05, 4.69) is 13.8 Å². The summed E-state index contributed by atoms with van der Waals surface area (Å²) in [5.74, 6) is 0.266. The zero-order valence-electron chi connectivity index (χ0n) is 9.86. The third-order valence-corrected chi connectivity index (χ3v) is 2.71.